The molecule has 1 aliphatic rings. The van der Waals surface area contributed by atoms with E-state index in [-0.39, 0.29) is 6.54 Å². The third-order valence-corrected chi connectivity index (χ3v) is 3.60. The summed E-state index contributed by atoms with van der Waals surface area (Å²) in [6.45, 7) is 2.26. The Balaban J connectivity index is 1.94. The maximum atomic E-state index is 11.9. The maximum absolute atomic E-state index is 11.9. The molecule has 0 unspecified atom stereocenters. The summed E-state index contributed by atoms with van der Waals surface area (Å²) in [5.74, 6) is 0. The molecule has 0 saturated carbocycles. The van der Waals surface area contributed by atoms with Gasteiger partial charge in [0.15, 0.2) is 0 Å². The highest BCUT2D eigenvalue weighted by atomic mass is 32.1. The molecule has 0 atom stereocenters. The quantitative estimate of drug-likeness (QED) is 0.826. The van der Waals surface area contributed by atoms with Gasteiger partial charge in [0, 0.05) is 18.0 Å². The van der Waals surface area contributed by atoms with Gasteiger partial charge in [-0.15, -0.1) is 11.3 Å². The standard InChI is InChI=1S/C10H14F2N2S/c11-10(12)5-14-3-7-6-15-9-4-13-2-1-8(7)9/h6,10,13-14H,1-5H2. The fraction of sp³-hybridized carbons (Fsp3) is 0.600. The molecule has 2 nitrogen and oxygen atoms in total. The molecular formula is C10H14F2N2S. The third kappa shape index (κ3) is 2.74. The lowest BCUT2D eigenvalue weighted by Gasteiger charge is -2.14. The fourth-order valence-electron chi connectivity index (χ4n) is 1.79. The van der Waals surface area contributed by atoms with E-state index in [9.17, 15) is 8.78 Å². The first-order valence-electron chi connectivity index (χ1n) is 5.05. The zero-order chi connectivity index (χ0) is 10.7. The molecule has 1 aromatic rings. The predicted molar refractivity (Wildman–Crippen MR) is 57.4 cm³/mol. The van der Waals surface area contributed by atoms with Gasteiger partial charge in [-0.05, 0) is 29.5 Å². The van der Waals surface area contributed by atoms with Crippen LogP contribution in [0.2, 0.25) is 0 Å². The fourth-order valence-corrected chi connectivity index (χ4v) is 2.86. The summed E-state index contributed by atoms with van der Waals surface area (Å²) >= 11 is 1.72. The minimum absolute atomic E-state index is 0.219. The molecule has 2 heterocycles. The minimum atomic E-state index is -2.26. The van der Waals surface area contributed by atoms with E-state index in [0.717, 1.165) is 19.5 Å². The van der Waals surface area contributed by atoms with Crippen LogP contribution in [0.1, 0.15) is 16.0 Å². The van der Waals surface area contributed by atoms with Crippen molar-refractivity contribution in [1.29, 1.82) is 0 Å². The van der Waals surface area contributed by atoms with Gasteiger partial charge in [0.2, 0.25) is 0 Å². The number of halogens is 2. The highest BCUT2D eigenvalue weighted by molar-refractivity contribution is 7.10. The van der Waals surface area contributed by atoms with Crippen LogP contribution in [-0.4, -0.2) is 19.5 Å². The zero-order valence-electron chi connectivity index (χ0n) is 8.35. The highest BCUT2D eigenvalue weighted by Crippen LogP contribution is 2.25. The van der Waals surface area contributed by atoms with Crippen molar-refractivity contribution in [2.45, 2.75) is 25.9 Å². The van der Waals surface area contributed by atoms with Crippen molar-refractivity contribution in [2.24, 2.45) is 0 Å². The van der Waals surface area contributed by atoms with Gasteiger partial charge in [-0.2, -0.15) is 0 Å². The first-order valence-corrected chi connectivity index (χ1v) is 5.93. The number of nitrogens with one attached hydrogen (secondary N) is 2. The van der Waals surface area contributed by atoms with Gasteiger partial charge in [-0.1, -0.05) is 0 Å². The van der Waals surface area contributed by atoms with E-state index in [2.05, 4.69) is 16.0 Å². The molecule has 0 radical (unpaired) electrons. The minimum Gasteiger partial charge on any atom is -0.312 e. The van der Waals surface area contributed by atoms with Crippen LogP contribution in [0, 0.1) is 0 Å². The van der Waals surface area contributed by atoms with Crippen LogP contribution in [0.3, 0.4) is 0 Å². The largest absolute Gasteiger partial charge is 0.312 e. The summed E-state index contributed by atoms with van der Waals surface area (Å²) in [6, 6.07) is 0. The molecule has 15 heavy (non-hydrogen) atoms. The van der Waals surface area contributed by atoms with Gasteiger partial charge in [-0.25, -0.2) is 8.78 Å². The summed E-state index contributed by atoms with van der Waals surface area (Å²) in [6.07, 6.45) is -1.24. The SMILES string of the molecule is FC(F)CNCc1csc2c1CCNC2. The molecule has 0 bridgehead atoms. The second kappa shape index (κ2) is 5.01. The van der Waals surface area contributed by atoms with Gasteiger partial charge >= 0.3 is 0 Å². The topological polar surface area (TPSA) is 24.1 Å². The Labute approximate surface area is 91.7 Å². The molecule has 0 amide bonds. The lowest BCUT2D eigenvalue weighted by atomic mass is 10.0. The molecule has 0 aromatic carbocycles. The van der Waals surface area contributed by atoms with Crippen molar-refractivity contribution in [3.05, 3.63) is 21.4 Å². The van der Waals surface area contributed by atoms with E-state index in [1.165, 1.54) is 16.0 Å². The molecule has 2 rings (SSSR count). The lowest BCUT2D eigenvalue weighted by molar-refractivity contribution is 0.145. The summed E-state index contributed by atoms with van der Waals surface area (Å²) in [4.78, 5) is 1.36. The summed E-state index contributed by atoms with van der Waals surface area (Å²) in [7, 11) is 0. The van der Waals surface area contributed by atoms with Gasteiger partial charge in [-0.3, -0.25) is 0 Å². The van der Waals surface area contributed by atoms with Crippen LogP contribution >= 0.6 is 11.3 Å². The zero-order valence-corrected chi connectivity index (χ0v) is 9.17. The van der Waals surface area contributed by atoms with E-state index >= 15 is 0 Å². The Morgan fingerprint density at radius 3 is 3.20 bits per heavy atom. The van der Waals surface area contributed by atoms with Crippen molar-refractivity contribution < 1.29 is 8.78 Å². The van der Waals surface area contributed by atoms with Gasteiger partial charge in [0.25, 0.3) is 6.43 Å². The Hall–Kier alpha value is -0.520. The molecule has 0 spiro atoms. The van der Waals surface area contributed by atoms with E-state index in [4.69, 9.17) is 0 Å². The van der Waals surface area contributed by atoms with Crippen LogP contribution in [0.4, 0.5) is 8.78 Å². The monoisotopic (exact) mass is 232 g/mol. The smallest absolute Gasteiger partial charge is 0.250 e. The normalized spacial score (nSPS) is 15.7. The molecule has 2 N–H and O–H groups in total. The molecule has 0 fully saturated rings. The summed E-state index contributed by atoms with van der Waals surface area (Å²) in [5, 5.41) is 8.15. The maximum Gasteiger partial charge on any atom is 0.250 e. The Morgan fingerprint density at radius 1 is 1.53 bits per heavy atom. The van der Waals surface area contributed by atoms with Gasteiger partial charge in [0.05, 0.1) is 6.54 Å². The molecule has 1 aromatic heterocycles. The van der Waals surface area contributed by atoms with E-state index < -0.39 is 6.43 Å². The Morgan fingerprint density at radius 2 is 2.40 bits per heavy atom. The number of thiophene rings is 1. The number of fused-ring (bicyclic) bond motifs is 1. The Kier molecular flexibility index (Phi) is 3.66. The van der Waals surface area contributed by atoms with E-state index in [0.29, 0.717) is 6.54 Å². The Bertz CT molecular complexity index is 325. The third-order valence-electron chi connectivity index (χ3n) is 2.52. The van der Waals surface area contributed by atoms with Crippen LogP contribution < -0.4 is 10.6 Å². The van der Waals surface area contributed by atoms with Crippen molar-refractivity contribution in [2.75, 3.05) is 13.1 Å². The summed E-state index contributed by atoms with van der Waals surface area (Å²) in [5.41, 5.74) is 2.55. The molecule has 1 aliphatic heterocycles. The number of rotatable bonds is 4. The highest BCUT2D eigenvalue weighted by Gasteiger charge is 2.14. The van der Waals surface area contributed by atoms with Crippen molar-refractivity contribution in [1.82, 2.24) is 10.6 Å². The predicted octanol–water partition coefficient (Wildman–Crippen LogP) is 1.75. The van der Waals surface area contributed by atoms with Crippen molar-refractivity contribution in [3.63, 3.8) is 0 Å². The first kappa shape index (κ1) is 11.0. The molecule has 0 aliphatic carbocycles. The second-order valence-electron chi connectivity index (χ2n) is 3.61. The van der Waals surface area contributed by atoms with Crippen LogP contribution in [0.25, 0.3) is 0 Å². The van der Waals surface area contributed by atoms with E-state index in [1.807, 2.05) is 0 Å². The van der Waals surface area contributed by atoms with Gasteiger partial charge in [0.1, 0.15) is 0 Å². The van der Waals surface area contributed by atoms with Crippen LogP contribution in [0.5, 0.6) is 0 Å². The number of hydrogen-bond donors (Lipinski definition) is 2. The average Bonchev–Trinajstić information content (AvgIpc) is 2.62. The van der Waals surface area contributed by atoms with Crippen LogP contribution in [0.15, 0.2) is 5.38 Å². The lowest BCUT2D eigenvalue weighted by Crippen LogP contribution is -2.25. The van der Waals surface area contributed by atoms with Crippen molar-refractivity contribution in [3.8, 4) is 0 Å². The van der Waals surface area contributed by atoms with Crippen molar-refractivity contribution >= 4 is 11.3 Å². The molecule has 84 valence electrons. The first-order chi connectivity index (χ1) is 7.27. The second-order valence-corrected chi connectivity index (χ2v) is 4.58. The molecule has 5 heteroatoms. The summed E-state index contributed by atoms with van der Waals surface area (Å²) < 4.78 is 23.9. The molecular weight excluding hydrogens is 218 g/mol. The van der Waals surface area contributed by atoms with Gasteiger partial charge < -0.3 is 10.6 Å². The number of alkyl halides is 2. The van der Waals surface area contributed by atoms with Crippen LogP contribution in [-0.2, 0) is 19.5 Å². The number of hydrogen-bond acceptors (Lipinski definition) is 3. The average molecular weight is 232 g/mol. The molecule has 0 saturated heterocycles. The van der Waals surface area contributed by atoms with E-state index in [1.54, 1.807) is 11.3 Å².